The molecule has 3 amide bonds. The molecule has 0 N–H and O–H groups in total. The molecule has 1 saturated carbocycles. The summed E-state index contributed by atoms with van der Waals surface area (Å²) in [5, 5.41) is 0. The van der Waals surface area contributed by atoms with Crippen LogP contribution in [0.5, 0.6) is 5.75 Å². The molecule has 0 aromatic heterocycles. The molecule has 1 aromatic carbocycles. The molecule has 1 saturated heterocycles. The maximum Gasteiger partial charge on any atom is 0.308 e. The summed E-state index contributed by atoms with van der Waals surface area (Å²) in [6, 6.07) is 5.33. The SMILES string of the molecule is CCC(C)N(C(=O)C1CC1)C1CC(=O)N(c2ccc(OC(C)=O)cc2)C1=O. The highest BCUT2D eigenvalue weighted by atomic mass is 16.5. The summed E-state index contributed by atoms with van der Waals surface area (Å²) < 4.78 is 4.98. The van der Waals surface area contributed by atoms with Crippen molar-refractivity contribution in [2.75, 3.05) is 4.90 Å². The molecule has 0 spiro atoms. The van der Waals surface area contributed by atoms with E-state index in [-0.39, 0.29) is 36.1 Å². The normalized spacial score (nSPS) is 20.6. The summed E-state index contributed by atoms with van der Waals surface area (Å²) in [6.45, 7) is 5.17. The maximum absolute atomic E-state index is 13.0. The first-order valence-electron chi connectivity index (χ1n) is 9.31. The topological polar surface area (TPSA) is 84.0 Å². The Morgan fingerprint density at radius 3 is 2.37 bits per heavy atom. The van der Waals surface area contributed by atoms with Crippen molar-refractivity contribution >= 4 is 29.4 Å². The number of imide groups is 1. The van der Waals surface area contributed by atoms with Gasteiger partial charge >= 0.3 is 5.97 Å². The summed E-state index contributed by atoms with van der Waals surface area (Å²) in [4.78, 5) is 52.1. The molecule has 1 aromatic rings. The molecule has 144 valence electrons. The third-order valence-corrected chi connectivity index (χ3v) is 5.06. The van der Waals surface area contributed by atoms with Gasteiger partial charge in [0, 0.05) is 18.9 Å². The van der Waals surface area contributed by atoms with Crippen molar-refractivity contribution in [2.24, 2.45) is 5.92 Å². The minimum atomic E-state index is -0.756. The van der Waals surface area contributed by atoms with E-state index in [0.29, 0.717) is 17.9 Å². The first kappa shape index (κ1) is 19.1. The van der Waals surface area contributed by atoms with Crippen LogP contribution in [-0.2, 0) is 19.2 Å². The van der Waals surface area contributed by atoms with Gasteiger partial charge in [0.1, 0.15) is 11.8 Å². The number of carbonyl (C=O) groups is 4. The Morgan fingerprint density at radius 2 is 1.85 bits per heavy atom. The van der Waals surface area contributed by atoms with Crippen LogP contribution in [0.15, 0.2) is 24.3 Å². The Labute approximate surface area is 158 Å². The molecule has 2 fully saturated rings. The molecule has 1 aliphatic carbocycles. The highest BCUT2D eigenvalue weighted by molar-refractivity contribution is 6.23. The fraction of sp³-hybridized carbons (Fsp3) is 0.500. The van der Waals surface area contributed by atoms with Gasteiger partial charge in [-0.1, -0.05) is 6.92 Å². The van der Waals surface area contributed by atoms with Crippen molar-refractivity contribution in [1.82, 2.24) is 4.90 Å². The van der Waals surface area contributed by atoms with Gasteiger partial charge in [-0.15, -0.1) is 0 Å². The first-order valence-corrected chi connectivity index (χ1v) is 9.31. The minimum Gasteiger partial charge on any atom is -0.427 e. The Morgan fingerprint density at radius 1 is 1.22 bits per heavy atom. The van der Waals surface area contributed by atoms with Crippen molar-refractivity contribution in [3.05, 3.63) is 24.3 Å². The standard InChI is InChI=1S/C20H24N2O5/c1-4-12(2)21(19(25)14-5-6-14)17-11-18(24)22(20(17)26)15-7-9-16(10-8-15)27-13(3)23/h7-10,12,14,17H,4-6,11H2,1-3H3. The molecular formula is C20H24N2O5. The molecule has 3 rings (SSSR count). The van der Waals surface area contributed by atoms with Crippen LogP contribution in [0.3, 0.4) is 0 Å². The monoisotopic (exact) mass is 372 g/mol. The number of hydrogen-bond acceptors (Lipinski definition) is 5. The van der Waals surface area contributed by atoms with Crippen molar-refractivity contribution in [3.63, 3.8) is 0 Å². The Kier molecular flexibility index (Phi) is 5.30. The number of benzene rings is 1. The molecule has 0 bridgehead atoms. The van der Waals surface area contributed by atoms with Crippen LogP contribution in [0.25, 0.3) is 0 Å². The lowest BCUT2D eigenvalue weighted by atomic mass is 10.1. The van der Waals surface area contributed by atoms with Crippen molar-refractivity contribution in [2.45, 2.75) is 58.5 Å². The summed E-state index contributed by atoms with van der Waals surface area (Å²) in [5.41, 5.74) is 0.409. The van der Waals surface area contributed by atoms with Crippen LogP contribution in [0.2, 0.25) is 0 Å². The molecule has 7 nitrogen and oxygen atoms in total. The average Bonchev–Trinajstić information content (AvgIpc) is 3.43. The Hall–Kier alpha value is -2.70. The second-order valence-electron chi connectivity index (χ2n) is 7.15. The van der Waals surface area contributed by atoms with Gasteiger partial charge in [0.15, 0.2) is 0 Å². The van der Waals surface area contributed by atoms with Crippen LogP contribution in [0.1, 0.15) is 46.5 Å². The van der Waals surface area contributed by atoms with Gasteiger partial charge in [0.25, 0.3) is 5.91 Å². The van der Waals surface area contributed by atoms with Gasteiger partial charge in [0.05, 0.1) is 12.1 Å². The minimum absolute atomic E-state index is 0.00662. The fourth-order valence-electron chi connectivity index (χ4n) is 3.35. The highest BCUT2D eigenvalue weighted by Gasteiger charge is 2.48. The van der Waals surface area contributed by atoms with Gasteiger partial charge in [-0.05, 0) is 50.5 Å². The summed E-state index contributed by atoms with van der Waals surface area (Å²) in [6.07, 6.45) is 2.41. The van der Waals surface area contributed by atoms with E-state index in [2.05, 4.69) is 0 Å². The lowest BCUT2D eigenvalue weighted by Gasteiger charge is -2.33. The number of nitrogens with zero attached hydrogens (tertiary/aromatic N) is 2. The van der Waals surface area contributed by atoms with Crippen LogP contribution in [0.4, 0.5) is 5.69 Å². The number of carbonyl (C=O) groups excluding carboxylic acids is 4. The van der Waals surface area contributed by atoms with Crippen LogP contribution in [0, 0.1) is 5.92 Å². The van der Waals surface area contributed by atoms with E-state index in [4.69, 9.17) is 4.74 Å². The van der Waals surface area contributed by atoms with Crippen molar-refractivity contribution in [3.8, 4) is 5.75 Å². The second kappa shape index (κ2) is 7.50. The Balaban J connectivity index is 1.83. The number of rotatable bonds is 6. The van der Waals surface area contributed by atoms with Gasteiger partial charge in [-0.2, -0.15) is 0 Å². The Bertz CT molecular complexity index is 769. The van der Waals surface area contributed by atoms with E-state index >= 15 is 0 Å². The summed E-state index contributed by atoms with van der Waals surface area (Å²) in [5.74, 6) is -0.857. The third kappa shape index (κ3) is 3.86. The lowest BCUT2D eigenvalue weighted by molar-refractivity contribution is -0.141. The molecule has 1 heterocycles. The zero-order chi connectivity index (χ0) is 19.7. The maximum atomic E-state index is 13.0. The van der Waals surface area contributed by atoms with Gasteiger partial charge in [-0.3, -0.25) is 19.2 Å². The van der Waals surface area contributed by atoms with E-state index in [9.17, 15) is 19.2 Å². The molecule has 27 heavy (non-hydrogen) atoms. The molecule has 1 aliphatic heterocycles. The second-order valence-corrected chi connectivity index (χ2v) is 7.15. The molecule has 7 heteroatoms. The largest absolute Gasteiger partial charge is 0.427 e. The first-order chi connectivity index (χ1) is 12.8. The predicted molar refractivity (Wildman–Crippen MR) is 98.0 cm³/mol. The summed E-state index contributed by atoms with van der Waals surface area (Å²) in [7, 11) is 0. The fourth-order valence-corrected chi connectivity index (χ4v) is 3.35. The number of amides is 3. The lowest BCUT2D eigenvalue weighted by Crippen LogP contribution is -2.50. The molecule has 2 atom stereocenters. The molecule has 0 radical (unpaired) electrons. The van der Waals surface area contributed by atoms with Crippen LogP contribution >= 0.6 is 0 Å². The number of esters is 1. The smallest absolute Gasteiger partial charge is 0.308 e. The van der Waals surface area contributed by atoms with Crippen molar-refractivity contribution in [1.29, 1.82) is 0 Å². The zero-order valence-corrected chi connectivity index (χ0v) is 15.8. The number of anilines is 1. The number of ether oxygens (including phenoxy) is 1. The predicted octanol–water partition coefficient (Wildman–Crippen LogP) is 2.28. The van der Waals surface area contributed by atoms with E-state index < -0.39 is 12.0 Å². The van der Waals surface area contributed by atoms with Gasteiger partial charge in [0.2, 0.25) is 11.8 Å². The molecular weight excluding hydrogens is 348 g/mol. The summed E-state index contributed by atoms with van der Waals surface area (Å²) >= 11 is 0. The number of hydrogen-bond donors (Lipinski definition) is 0. The average molecular weight is 372 g/mol. The quantitative estimate of drug-likeness (QED) is 0.435. The van der Waals surface area contributed by atoms with Gasteiger partial charge in [-0.25, -0.2) is 4.90 Å². The molecule has 2 aliphatic rings. The van der Waals surface area contributed by atoms with Crippen molar-refractivity contribution < 1.29 is 23.9 Å². The highest BCUT2D eigenvalue weighted by Crippen LogP contribution is 2.35. The zero-order valence-electron chi connectivity index (χ0n) is 15.8. The van der Waals surface area contributed by atoms with Crippen LogP contribution in [-0.4, -0.2) is 40.7 Å². The van der Waals surface area contributed by atoms with E-state index in [1.54, 1.807) is 17.0 Å². The van der Waals surface area contributed by atoms with Gasteiger partial charge < -0.3 is 9.64 Å². The van der Waals surface area contributed by atoms with E-state index in [0.717, 1.165) is 17.7 Å². The third-order valence-electron chi connectivity index (χ3n) is 5.06. The van der Waals surface area contributed by atoms with E-state index in [1.807, 2.05) is 13.8 Å². The van der Waals surface area contributed by atoms with Crippen LogP contribution < -0.4 is 9.64 Å². The van der Waals surface area contributed by atoms with E-state index in [1.165, 1.54) is 19.1 Å². The molecule has 2 unspecified atom stereocenters.